The molecular formula is C20H16N2O7. The van der Waals surface area contributed by atoms with Crippen molar-refractivity contribution in [2.45, 2.75) is 13.0 Å². The highest BCUT2D eigenvalue weighted by molar-refractivity contribution is 6.10. The Morgan fingerprint density at radius 1 is 1.14 bits per heavy atom. The van der Waals surface area contributed by atoms with Gasteiger partial charge in [0.05, 0.1) is 11.0 Å². The maximum Gasteiger partial charge on any atom is 0.346 e. The summed E-state index contributed by atoms with van der Waals surface area (Å²) in [6.07, 6.45) is 0.402. The van der Waals surface area contributed by atoms with Crippen LogP contribution in [0.25, 0.3) is 10.9 Å². The minimum Gasteiger partial charge on any atom is -0.486 e. The van der Waals surface area contributed by atoms with Crippen LogP contribution in [0.2, 0.25) is 0 Å². The van der Waals surface area contributed by atoms with Crippen LogP contribution in [-0.2, 0) is 4.74 Å². The van der Waals surface area contributed by atoms with Gasteiger partial charge in [0, 0.05) is 28.7 Å². The van der Waals surface area contributed by atoms with Gasteiger partial charge in [0.1, 0.15) is 18.8 Å². The zero-order valence-corrected chi connectivity index (χ0v) is 15.3. The van der Waals surface area contributed by atoms with Gasteiger partial charge in [-0.2, -0.15) is 0 Å². The number of esters is 1. The largest absolute Gasteiger partial charge is 0.486 e. The number of nitro groups is 1. The first-order valence-corrected chi connectivity index (χ1v) is 8.85. The van der Waals surface area contributed by atoms with Gasteiger partial charge in [0.15, 0.2) is 17.6 Å². The van der Waals surface area contributed by atoms with Crippen LogP contribution in [0.3, 0.4) is 0 Å². The van der Waals surface area contributed by atoms with E-state index < -0.39 is 28.5 Å². The van der Waals surface area contributed by atoms with Crippen LogP contribution in [0, 0.1) is 10.1 Å². The maximum atomic E-state index is 12.8. The fourth-order valence-corrected chi connectivity index (χ4v) is 3.16. The van der Waals surface area contributed by atoms with Crippen molar-refractivity contribution in [3.05, 3.63) is 63.8 Å². The number of nitro benzene ring substituents is 1. The lowest BCUT2D eigenvalue weighted by molar-refractivity contribution is -0.385. The van der Waals surface area contributed by atoms with Gasteiger partial charge in [0.2, 0.25) is 5.78 Å². The van der Waals surface area contributed by atoms with E-state index in [1.807, 2.05) is 12.1 Å². The van der Waals surface area contributed by atoms with Crippen molar-refractivity contribution < 1.29 is 28.7 Å². The number of aromatic amines is 1. The molecule has 2 heterocycles. The number of fused-ring (bicyclic) bond motifs is 2. The van der Waals surface area contributed by atoms with Crippen molar-refractivity contribution in [2.75, 3.05) is 13.2 Å². The lowest BCUT2D eigenvalue weighted by atomic mass is 10.1. The molecule has 9 heteroatoms. The molecule has 1 N–H and O–H groups in total. The third kappa shape index (κ3) is 3.38. The van der Waals surface area contributed by atoms with Crippen molar-refractivity contribution in [1.82, 2.24) is 4.98 Å². The number of ether oxygens (including phenoxy) is 3. The molecule has 29 heavy (non-hydrogen) atoms. The van der Waals surface area contributed by atoms with Gasteiger partial charge >= 0.3 is 5.97 Å². The second-order valence-corrected chi connectivity index (χ2v) is 6.43. The number of para-hydroxylation sites is 1. The van der Waals surface area contributed by atoms with Gasteiger partial charge in [-0.05, 0) is 13.0 Å². The smallest absolute Gasteiger partial charge is 0.346 e. The zero-order valence-electron chi connectivity index (χ0n) is 15.3. The fourth-order valence-electron chi connectivity index (χ4n) is 3.16. The Labute approximate surface area is 164 Å². The van der Waals surface area contributed by atoms with E-state index >= 15 is 0 Å². The summed E-state index contributed by atoms with van der Waals surface area (Å²) in [4.78, 5) is 39.1. The van der Waals surface area contributed by atoms with E-state index in [0.717, 1.165) is 11.6 Å². The molecule has 1 aliphatic rings. The summed E-state index contributed by atoms with van der Waals surface area (Å²) in [7, 11) is 0. The first-order valence-electron chi connectivity index (χ1n) is 8.85. The van der Waals surface area contributed by atoms with Gasteiger partial charge < -0.3 is 19.2 Å². The summed E-state index contributed by atoms with van der Waals surface area (Å²) in [6, 6.07) is 9.55. The van der Waals surface area contributed by atoms with Crippen LogP contribution in [0.5, 0.6) is 11.5 Å². The number of rotatable bonds is 5. The molecular weight excluding hydrogens is 380 g/mol. The van der Waals surface area contributed by atoms with Crippen LogP contribution in [0.15, 0.2) is 42.6 Å². The first-order chi connectivity index (χ1) is 14.0. The molecule has 1 aliphatic heterocycles. The first kappa shape index (κ1) is 18.5. The number of nitrogens with zero attached hydrogens (tertiary/aromatic N) is 1. The molecule has 0 radical (unpaired) electrons. The summed E-state index contributed by atoms with van der Waals surface area (Å²) in [5.41, 5.74) is 0.359. The molecule has 3 aromatic rings. The monoisotopic (exact) mass is 396 g/mol. The van der Waals surface area contributed by atoms with Gasteiger partial charge in [-0.15, -0.1) is 0 Å². The number of ketones is 1. The molecule has 0 unspecified atom stereocenters. The summed E-state index contributed by atoms with van der Waals surface area (Å²) in [6.45, 7) is 1.94. The number of H-pyrrole nitrogens is 1. The number of aromatic nitrogens is 1. The van der Waals surface area contributed by atoms with Gasteiger partial charge in [-0.25, -0.2) is 4.79 Å². The van der Waals surface area contributed by atoms with E-state index in [0.29, 0.717) is 10.9 Å². The van der Waals surface area contributed by atoms with Crippen LogP contribution in [0.1, 0.15) is 27.6 Å². The molecule has 0 spiro atoms. The highest BCUT2D eigenvalue weighted by Gasteiger charge is 2.30. The molecule has 4 rings (SSSR count). The molecule has 1 aromatic heterocycles. The number of hydrogen-bond donors (Lipinski definition) is 1. The number of nitrogens with one attached hydrogen (secondary N) is 1. The van der Waals surface area contributed by atoms with Crippen molar-refractivity contribution >= 4 is 28.3 Å². The summed E-state index contributed by atoms with van der Waals surface area (Å²) in [5.74, 6) is -1.02. The Balaban J connectivity index is 1.60. The highest BCUT2D eigenvalue weighted by atomic mass is 16.6. The Hall–Kier alpha value is -3.88. The van der Waals surface area contributed by atoms with Crippen molar-refractivity contribution in [2.24, 2.45) is 0 Å². The maximum absolute atomic E-state index is 12.8. The molecule has 0 fully saturated rings. The number of benzene rings is 2. The van der Waals surface area contributed by atoms with E-state index in [9.17, 15) is 19.7 Å². The van der Waals surface area contributed by atoms with E-state index in [1.54, 1.807) is 18.3 Å². The summed E-state index contributed by atoms with van der Waals surface area (Å²) >= 11 is 0. The lowest BCUT2D eigenvalue weighted by Gasteiger charge is -2.19. The summed E-state index contributed by atoms with van der Waals surface area (Å²) < 4.78 is 16.0. The molecule has 148 valence electrons. The predicted molar refractivity (Wildman–Crippen MR) is 102 cm³/mol. The Kier molecular flexibility index (Phi) is 4.63. The van der Waals surface area contributed by atoms with Gasteiger partial charge in [-0.1, -0.05) is 18.2 Å². The van der Waals surface area contributed by atoms with Crippen LogP contribution >= 0.6 is 0 Å². The predicted octanol–water partition coefficient (Wildman–Crippen LogP) is 3.28. The lowest BCUT2D eigenvalue weighted by Crippen LogP contribution is -2.25. The molecule has 0 aliphatic carbocycles. The average molecular weight is 396 g/mol. The molecule has 1 atom stereocenters. The second kappa shape index (κ2) is 7.27. The number of hydrogen-bond acceptors (Lipinski definition) is 7. The minimum atomic E-state index is -1.14. The van der Waals surface area contributed by atoms with Gasteiger partial charge in [0.25, 0.3) is 5.69 Å². The Morgan fingerprint density at radius 2 is 1.83 bits per heavy atom. The van der Waals surface area contributed by atoms with Crippen molar-refractivity contribution in [3.8, 4) is 11.5 Å². The Bertz CT molecular complexity index is 1140. The van der Waals surface area contributed by atoms with E-state index in [1.165, 1.54) is 13.0 Å². The standard InChI is InChI=1S/C20H16N2O7/c1-11(19(23)14-10-21-15-5-3-2-4-12(14)15)29-20(24)13-8-17-18(28-7-6-27-17)9-16(13)22(25)26/h2-5,8-11,21H,6-7H2,1H3/t11-/m1/s1. The van der Waals surface area contributed by atoms with Crippen molar-refractivity contribution in [3.63, 3.8) is 0 Å². The van der Waals surface area contributed by atoms with Crippen LogP contribution < -0.4 is 9.47 Å². The van der Waals surface area contributed by atoms with Crippen molar-refractivity contribution in [1.29, 1.82) is 0 Å². The molecule has 0 saturated carbocycles. The number of Topliss-reactive ketones (excluding diaryl/α,β-unsaturated/α-hetero) is 1. The average Bonchev–Trinajstić information content (AvgIpc) is 3.16. The van der Waals surface area contributed by atoms with E-state index in [-0.39, 0.29) is 30.3 Å². The van der Waals surface area contributed by atoms with E-state index in [2.05, 4.69) is 4.98 Å². The quantitative estimate of drug-likeness (QED) is 0.304. The number of carbonyl (C=O) groups is 2. The molecule has 2 aromatic carbocycles. The minimum absolute atomic E-state index is 0.183. The topological polar surface area (TPSA) is 121 Å². The molecule has 0 bridgehead atoms. The van der Waals surface area contributed by atoms with E-state index in [4.69, 9.17) is 14.2 Å². The highest BCUT2D eigenvalue weighted by Crippen LogP contribution is 2.37. The molecule has 9 nitrogen and oxygen atoms in total. The third-order valence-electron chi connectivity index (χ3n) is 4.58. The van der Waals surface area contributed by atoms with Crippen LogP contribution in [0.4, 0.5) is 5.69 Å². The Morgan fingerprint density at radius 3 is 2.55 bits per heavy atom. The number of carbonyl (C=O) groups excluding carboxylic acids is 2. The zero-order chi connectivity index (χ0) is 20.5. The molecule has 0 saturated heterocycles. The van der Waals surface area contributed by atoms with Gasteiger partial charge in [-0.3, -0.25) is 14.9 Å². The SMILES string of the molecule is C[C@@H](OC(=O)c1cc2c(cc1[N+](=O)[O-])OCCO2)C(=O)c1c[nH]c2ccccc12. The molecule has 0 amide bonds. The third-order valence-corrected chi connectivity index (χ3v) is 4.58. The van der Waals surface area contributed by atoms with Crippen LogP contribution in [-0.4, -0.2) is 41.0 Å². The second-order valence-electron chi connectivity index (χ2n) is 6.43. The normalized spacial score (nSPS) is 13.7. The summed E-state index contributed by atoms with van der Waals surface area (Å²) in [5, 5.41) is 12.1. The fraction of sp³-hybridized carbons (Fsp3) is 0.200.